The van der Waals surface area contributed by atoms with E-state index in [2.05, 4.69) is 4.90 Å². The molecular formula is C17H26BClFNO3. The van der Waals surface area contributed by atoms with Gasteiger partial charge in [-0.1, -0.05) is 6.07 Å². The predicted molar refractivity (Wildman–Crippen MR) is 95.5 cm³/mol. The molecule has 2 aliphatic rings. The third-order valence-electron chi connectivity index (χ3n) is 5.11. The molecule has 0 saturated carbocycles. The highest BCUT2D eigenvalue weighted by Crippen LogP contribution is 2.36. The van der Waals surface area contributed by atoms with Gasteiger partial charge in [-0.3, -0.25) is 4.90 Å². The van der Waals surface area contributed by atoms with Crippen LogP contribution in [0.1, 0.15) is 33.3 Å². The summed E-state index contributed by atoms with van der Waals surface area (Å²) in [6, 6.07) is 4.85. The largest absolute Gasteiger partial charge is 0.495 e. The van der Waals surface area contributed by atoms with Gasteiger partial charge in [0.1, 0.15) is 5.82 Å². The molecule has 4 nitrogen and oxygen atoms in total. The molecule has 0 aliphatic carbocycles. The van der Waals surface area contributed by atoms with E-state index in [1.54, 1.807) is 12.1 Å². The molecule has 2 heterocycles. The van der Waals surface area contributed by atoms with E-state index in [4.69, 9.17) is 14.0 Å². The lowest BCUT2D eigenvalue weighted by Gasteiger charge is -2.32. The standard InChI is InChI=1S/C17H25BFNO3.ClH/c1-16(2)17(3,4)23-18(22-16)15-6-5-14(19)11-13(15)12-20-7-9-21-10-8-20;/h5-6,11H,7-10,12H2,1-4H3;1H. The van der Waals surface area contributed by atoms with Crippen LogP contribution in [0.3, 0.4) is 0 Å². The number of ether oxygens (including phenoxy) is 1. The third kappa shape index (κ3) is 3.94. The molecule has 0 atom stereocenters. The molecule has 0 N–H and O–H groups in total. The summed E-state index contributed by atoms with van der Waals surface area (Å²) in [4.78, 5) is 2.27. The van der Waals surface area contributed by atoms with Crippen LogP contribution < -0.4 is 5.46 Å². The maximum Gasteiger partial charge on any atom is 0.495 e. The monoisotopic (exact) mass is 357 g/mol. The van der Waals surface area contributed by atoms with Gasteiger partial charge in [-0.25, -0.2) is 4.39 Å². The minimum atomic E-state index is -0.461. The fourth-order valence-electron chi connectivity index (χ4n) is 2.91. The van der Waals surface area contributed by atoms with Gasteiger partial charge in [0, 0.05) is 19.6 Å². The van der Waals surface area contributed by atoms with E-state index in [1.807, 2.05) is 27.7 Å². The zero-order chi connectivity index (χ0) is 16.7. The van der Waals surface area contributed by atoms with Crippen molar-refractivity contribution in [1.82, 2.24) is 4.90 Å². The van der Waals surface area contributed by atoms with Crippen LogP contribution in [0, 0.1) is 5.82 Å². The maximum absolute atomic E-state index is 13.8. The molecule has 7 heteroatoms. The number of rotatable bonds is 3. The zero-order valence-corrected chi connectivity index (χ0v) is 15.6. The average molecular weight is 358 g/mol. The van der Waals surface area contributed by atoms with Crippen LogP contribution in [-0.2, 0) is 20.6 Å². The van der Waals surface area contributed by atoms with Crippen LogP contribution in [0.5, 0.6) is 0 Å². The highest BCUT2D eigenvalue weighted by molar-refractivity contribution is 6.62. The van der Waals surface area contributed by atoms with E-state index in [0.717, 1.165) is 37.3 Å². The van der Waals surface area contributed by atoms with Crippen molar-refractivity contribution in [2.24, 2.45) is 0 Å². The fraction of sp³-hybridized carbons (Fsp3) is 0.647. The lowest BCUT2D eigenvalue weighted by molar-refractivity contribution is 0.00578. The lowest BCUT2D eigenvalue weighted by Crippen LogP contribution is -2.41. The molecule has 2 aliphatic heterocycles. The molecule has 134 valence electrons. The molecule has 1 aromatic carbocycles. The number of nitrogens with zero attached hydrogens (tertiary/aromatic N) is 1. The van der Waals surface area contributed by atoms with Crippen LogP contribution in [0.4, 0.5) is 4.39 Å². The maximum atomic E-state index is 13.8. The van der Waals surface area contributed by atoms with Crippen molar-refractivity contribution in [3.05, 3.63) is 29.6 Å². The molecule has 0 spiro atoms. The summed E-state index contributed by atoms with van der Waals surface area (Å²) in [5, 5.41) is 0. The number of hydrogen-bond acceptors (Lipinski definition) is 4. The molecule has 0 unspecified atom stereocenters. The summed E-state index contributed by atoms with van der Waals surface area (Å²) < 4.78 is 31.4. The van der Waals surface area contributed by atoms with E-state index in [1.165, 1.54) is 6.07 Å². The van der Waals surface area contributed by atoms with Gasteiger partial charge in [0.2, 0.25) is 0 Å². The molecule has 2 saturated heterocycles. The van der Waals surface area contributed by atoms with Gasteiger partial charge in [0.15, 0.2) is 0 Å². The quantitative estimate of drug-likeness (QED) is 0.777. The average Bonchev–Trinajstić information content (AvgIpc) is 2.68. The summed E-state index contributed by atoms with van der Waals surface area (Å²) in [7, 11) is -0.461. The summed E-state index contributed by atoms with van der Waals surface area (Å²) >= 11 is 0. The van der Waals surface area contributed by atoms with E-state index in [0.29, 0.717) is 6.54 Å². The third-order valence-corrected chi connectivity index (χ3v) is 5.11. The van der Waals surface area contributed by atoms with Gasteiger partial charge in [-0.05, 0) is 50.9 Å². The molecule has 24 heavy (non-hydrogen) atoms. The highest BCUT2D eigenvalue weighted by atomic mass is 35.5. The molecule has 0 bridgehead atoms. The first-order chi connectivity index (χ1) is 10.8. The first kappa shape index (κ1) is 19.7. The zero-order valence-electron chi connectivity index (χ0n) is 14.8. The second-order valence-electron chi connectivity index (χ2n) is 7.32. The fourth-order valence-corrected chi connectivity index (χ4v) is 2.91. The van der Waals surface area contributed by atoms with Crippen molar-refractivity contribution in [2.45, 2.75) is 45.4 Å². The van der Waals surface area contributed by atoms with E-state index in [9.17, 15) is 4.39 Å². The van der Waals surface area contributed by atoms with Crippen LogP contribution >= 0.6 is 12.4 Å². The van der Waals surface area contributed by atoms with Crippen LogP contribution in [-0.4, -0.2) is 49.5 Å². The van der Waals surface area contributed by atoms with Crippen LogP contribution in [0.25, 0.3) is 0 Å². The van der Waals surface area contributed by atoms with Crippen molar-refractivity contribution in [2.75, 3.05) is 26.3 Å². The minimum absolute atomic E-state index is 0. The van der Waals surface area contributed by atoms with Crippen molar-refractivity contribution in [3.8, 4) is 0 Å². The minimum Gasteiger partial charge on any atom is -0.399 e. The Kier molecular flexibility index (Phi) is 5.98. The van der Waals surface area contributed by atoms with E-state index in [-0.39, 0.29) is 18.2 Å². The first-order valence-corrected chi connectivity index (χ1v) is 8.22. The summed E-state index contributed by atoms with van der Waals surface area (Å²) in [5.41, 5.74) is 1.03. The molecule has 3 rings (SSSR count). The van der Waals surface area contributed by atoms with Crippen molar-refractivity contribution in [3.63, 3.8) is 0 Å². The number of benzene rings is 1. The Bertz CT molecular complexity index is 563. The Balaban J connectivity index is 0.00000208. The number of morpholine rings is 1. The first-order valence-electron chi connectivity index (χ1n) is 8.22. The lowest BCUT2D eigenvalue weighted by atomic mass is 9.75. The van der Waals surface area contributed by atoms with Gasteiger partial charge >= 0.3 is 7.12 Å². The Labute approximate surface area is 150 Å². The Morgan fingerprint density at radius 3 is 2.25 bits per heavy atom. The smallest absolute Gasteiger partial charge is 0.399 e. The number of hydrogen-bond donors (Lipinski definition) is 0. The SMILES string of the molecule is CC1(C)OB(c2ccc(F)cc2CN2CCOCC2)OC1(C)C.Cl. The second-order valence-corrected chi connectivity index (χ2v) is 7.32. The number of halogens is 2. The van der Waals surface area contributed by atoms with Gasteiger partial charge in [-0.2, -0.15) is 0 Å². The van der Waals surface area contributed by atoms with E-state index < -0.39 is 18.3 Å². The molecular weight excluding hydrogens is 331 g/mol. The molecule has 1 aromatic rings. The summed E-state index contributed by atoms with van der Waals surface area (Å²) in [6.45, 7) is 12.0. The molecule has 0 amide bonds. The van der Waals surface area contributed by atoms with Crippen molar-refractivity contribution >= 4 is 25.0 Å². The van der Waals surface area contributed by atoms with E-state index >= 15 is 0 Å². The summed E-state index contributed by atoms with van der Waals surface area (Å²) in [6.07, 6.45) is 0. The van der Waals surface area contributed by atoms with Crippen molar-refractivity contribution < 1.29 is 18.4 Å². The second kappa shape index (κ2) is 7.30. The summed E-state index contributed by atoms with van der Waals surface area (Å²) in [5.74, 6) is -0.228. The highest BCUT2D eigenvalue weighted by Gasteiger charge is 2.52. The van der Waals surface area contributed by atoms with Crippen LogP contribution in [0.15, 0.2) is 18.2 Å². The van der Waals surface area contributed by atoms with Gasteiger partial charge in [-0.15, -0.1) is 12.4 Å². The van der Waals surface area contributed by atoms with Crippen molar-refractivity contribution in [1.29, 1.82) is 0 Å². The van der Waals surface area contributed by atoms with Gasteiger partial charge in [0.25, 0.3) is 0 Å². The van der Waals surface area contributed by atoms with Gasteiger partial charge in [0.05, 0.1) is 24.4 Å². The molecule has 0 aromatic heterocycles. The molecule has 2 fully saturated rings. The topological polar surface area (TPSA) is 30.9 Å². The Morgan fingerprint density at radius 1 is 1.08 bits per heavy atom. The van der Waals surface area contributed by atoms with Gasteiger partial charge < -0.3 is 14.0 Å². The molecule has 0 radical (unpaired) electrons. The normalized spacial score (nSPS) is 23.1. The predicted octanol–water partition coefficient (Wildman–Crippen LogP) is 2.38. The van der Waals surface area contributed by atoms with Crippen LogP contribution in [0.2, 0.25) is 0 Å². The Morgan fingerprint density at radius 2 is 1.67 bits per heavy atom. The Hall–Kier alpha value is -0.655.